The second kappa shape index (κ2) is 4.31. The molecule has 0 amide bonds. The number of aromatic nitrogens is 3. The van der Waals surface area contributed by atoms with Gasteiger partial charge in [0, 0.05) is 5.69 Å². The summed E-state index contributed by atoms with van der Waals surface area (Å²) < 4.78 is 15.6. The maximum absolute atomic E-state index is 14.1. The number of hydrogen-bond acceptors (Lipinski definition) is 4. The lowest BCUT2D eigenvalue weighted by Gasteiger charge is -2.07. The van der Waals surface area contributed by atoms with Crippen LogP contribution in [0, 0.1) is 24.1 Å². The Kier molecular flexibility index (Phi) is 2.61. The number of aryl methyl sites for hydroxylation is 1. The number of nitriles is 1. The minimum absolute atomic E-state index is 0.154. The van der Waals surface area contributed by atoms with E-state index in [9.17, 15) is 4.39 Å². The molecule has 2 heterocycles. The van der Waals surface area contributed by atoms with Gasteiger partial charge in [-0.3, -0.25) is 4.57 Å². The fourth-order valence-corrected chi connectivity index (χ4v) is 2.06. The lowest BCUT2D eigenvalue weighted by molar-refractivity contribution is 0.619. The maximum atomic E-state index is 14.1. The third-order valence-corrected chi connectivity index (χ3v) is 2.99. The standard InChI is InChI=1S/C14H10FN5/c1-8-2-4-11-13(18-8)20(14(17)19-11)12-5-3-9(7-16)6-10(12)15/h2-6H,1H3,(H2,17,19). The van der Waals surface area contributed by atoms with E-state index in [1.54, 1.807) is 6.07 Å². The highest BCUT2D eigenvalue weighted by molar-refractivity contribution is 5.77. The Morgan fingerprint density at radius 2 is 2.05 bits per heavy atom. The van der Waals surface area contributed by atoms with Crippen LogP contribution in [-0.2, 0) is 0 Å². The SMILES string of the molecule is Cc1ccc2nc(N)n(-c3ccc(C#N)cc3F)c2n1. The van der Waals surface area contributed by atoms with Crippen LogP contribution in [0.3, 0.4) is 0 Å². The molecule has 0 saturated heterocycles. The quantitative estimate of drug-likeness (QED) is 0.733. The van der Waals surface area contributed by atoms with Crippen molar-refractivity contribution in [2.75, 3.05) is 5.73 Å². The van der Waals surface area contributed by atoms with E-state index in [0.29, 0.717) is 11.2 Å². The summed E-state index contributed by atoms with van der Waals surface area (Å²) in [6.07, 6.45) is 0. The molecule has 1 aromatic carbocycles. The van der Waals surface area contributed by atoms with Gasteiger partial charge in [-0.1, -0.05) is 0 Å². The smallest absolute Gasteiger partial charge is 0.207 e. The van der Waals surface area contributed by atoms with Crippen molar-refractivity contribution in [3.8, 4) is 11.8 Å². The van der Waals surface area contributed by atoms with Crippen molar-refractivity contribution in [1.82, 2.24) is 14.5 Å². The van der Waals surface area contributed by atoms with Crippen LogP contribution in [0.25, 0.3) is 16.9 Å². The highest BCUT2D eigenvalue weighted by Crippen LogP contribution is 2.24. The van der Waals surface area contributed by atoms with Crippen LogP contribution in [0.1, 0.15) is 11.3 Å². The molecule has 2 aromatic heterocycles. The molecule has 0 bridgehead atoms. The molecule has 0 atom stereocenters. The van der Waals surface area contributed by atoms with E-state index in [-0.39, 0.29) is 17.2 Å². The third kappa shape index (κ3) is 1.77. The molecule has 0 aliphatic carbocycles. The molecule has 2 N–H and O–H groups in total. The molecule has 0 fully saturated rings. The zero-order valence-electron chi connectivity index (χ0n) is 10.6. The van der Waals surface area contributed by atoms with Gasteiger partial charge in [0.2, 0.25) is 5.95 Å². The molecule has 0 saturated carbocycles. The lowest BCUT2D eigenvalue weighted by atomic mass is 10.2. The van der Waals surface area contributed by atoms with Crippen LogP contribution in [0.5, 0.6) is 0 Å². The van der Waals surface area contributed by atoms with Gasteiger partial charge < -0.3 is 5.73 Å². The number of imidazole rings is 1. The van der Waals surface area contributed by atoms with Crippen molar-refractivity contribution < 1.29 is 4.39 Å². The van der Waals surface area contributed by atoms with E-state index < -0.39 is 5.82 Å². The van der Waals surface area contributed by atoms with Crippen LogP contribution < -0.4 is 5.73 Å². The summed E-state index contributed by atoms with van der Waals surface area (Å²) in [5.74, 6) is -0.389. The van der Waals surface area contributed by atoms with Gasteiger partial charge in [0.05, 0.1) is 17.3 Å². The molecule has 0 aliphatic heterocycles. The average molecular weight is 267 g/mol. The number of pyridine rings is 1. The minimum atomic E-state index is -0.543. The zero-order valence-corrected chi connectivity index (χ0v) is 10.6. The molecular weight excluding hydrogens is 257 g/mol. The van der Waals surface area contributed by atoms with Crippen LogP contribution in [0.2, 0.25) is 0 Å². The number of benzene rings is 1. The van der Waals surface area contributed by atoms with E-state index >= 15 is 0 Å². The first-order chi connectivity index (χ1) is 9.60. The Bertz CT molecular complexity index is 860. The fourth-order valence-electron chi connectivity index (χ4n) is 2.06. The fraction of sp³-hybridized carbons (Fsp3) is 0.0714. The van der Waals surface area contributed by atoms with Crippen LogP contribution in [0.15, 0.2) is 30.3 Å². The van der Waals surface area contributed by atoms with Gasteiger partial charge in [0.15, 0.2) is 5.65 Å². The normalized spacial score (nSPS) is 10.7. The summed E-state index contributed by atoms with van der Waals surface area (Å²) in [7, 11) is 0. The average Bonchev–Trinajstić information content (AvgIpc) is 2.74. The number of nitrogen functional groups attached to an aromatic ring is 1. The van der Waals surface area contributed by atoms with Crippen LogP contribution in [0.4, 0.5) is 10.3 Å². The number of nitrogens with zero attached hydrogens (tertiary/aromatic N) is 4. The molecule has 6 heteroatoms. The zero-order chi connectivity index (χ0) is 14.3. The van der Waals surface area contributed by atoms with Crippen molar-refractivity contribution in [3.05, 3.63) is 47.4 Å². The van der Waals surface area contributed by atoms with Gasteiger partial charge in [-0.25, -0.2) is 14.4 Å². The number of anilines is 1. The summed E-state index contributed by atoms with van der Waals surface area (Å²) in [5, 5.41) is 8.77. The monoisotopic (exact) mass is 267 g/mol. The summed E-state index contributed by atoms with van der Waals surface area (Å²) >= 11 is 0. The second-order valence-electron chi connectivity index (χ2n) is 4.38. The van der Waals surface area contributed by atoms with Crippen molar-refractivity contribution in [2.45, 2.75) is 6.92 Å². The molecule has 5 nitrogen and oxygen atoms in total. The summed E-state index contributed by atoms with van der Waals surface area (Å²) in [4.78, 5) is 8.51. The Labute approximate surface area is 114 Å². The number of hydrogen-bond donors (Lipinski definition) is 1. The number of rotatable bonds is 1. The van der Waals surface area contributed by atoms with Gasteiger partial charge in [-0.15, -0.1) is 0 Å². The minimum Gasteiger partial charge on any atom is -0.369 e. The largest absolute Gasteiger partial charge is 0.369 e. The predicted molar refractivity (Wildman–Crippen MR) is 72.7 cm³/mol. The highest BCUT2D eigenvalue weighted by atomic mass is 19.1. The van der Waals surface area contributed by atoms with Crippen molar-refractivity contribution in [2.24, 2.45) is 0 Å². The van der Waals surface area contributed by atoms with Crippen molar-refractivity contribution in [3.63, 3.8) is 0 Å². The Hall–Kier alpha value is -2.94. The first kappa shape index (κ1) is 12.1. The van der Waals surface area contributed by atoms with Gasteiger partial charge in [-0.2, -0.15) is 5.26 Å². The van der Waals surface area contributed by atoms with Gasteiger partial charge >= 0.3 is 0 Å². The summed E-state index contributed by atoms with van der Waals surface area (Å²) in [6, 6.07) is 9.67. The highest BCUT2D eigenvalue weighted by Gasteiger charge is 2.15. The molecule has 0 aliphatic rings. The molecule has 20 heavy (non-hydrogen) atoms. The van der Waals surface area contributed by atoms with E-state index in [1.807, 2.05) is 19.1 Å². The molecular formula is C14H10FN5. The van der Waals surface area contributed by atoms with Crippen LogP contribution >= 0.6 is 0 Å². The Morgan fingerprint density at radius 1 is 1.25 bits per heavy atom. The Morgan fingerprint density at radius 3 is 2.75 bits per heavy atom. The summed E-state index contributed by atoms with van der Waals surface area (Å²) in [5.41, 5.74) is 8.20. The Balaban J connectivity index is 2.32. The number of fused-ring (bicyclic) bond motifs is 1. The lowest BCUT2D eigenvalue weighted by Crippen LogP contribution is -2.04. The van der Waals surface area contributed by atoms with Crippen LogP contribution in [-0.4, -0.2) is 14.5 Å². The number of halogens is 1. The summed E-state index contributed by atoms with van der Waals surface area (Å²) in [6.45, 7) is 1.84. The molecule has 0 spiro atoms. The number of nitrogens with two attached hydrogens (primary N) is 1. The predicted octanol–water partition coefficient (Wildman–Crippen LogP) is 2.32. The maximum Gasteiger partial charge on any atom is 0.207 e. The third-order valence-electron chi connectivity index (χ3n) is 2.99. The molecule has 0 unspecified atom stereocenters. The van der Waals surface area contributed by atoms with E-state index in [4.69, 9.17) is 11.0 Å². The molecule has 3 aromatic rings. The molecule has 0 radical (unpaired) electrons. The van der Waals surface area contributed by atoms with E-state index in [1.165, 1.54) is 16.7 Å². The van der Waals surface area contributed by atoms with Gasteiger partial charge in [0.1, 0.15) is 11.3 Å². The topological polar surface area (TPSA) is 80.5 Å². The first-order valence-corrected chi connectivity index (χ1v) is 5.92. The van der Waals surface area contributed by atoms with Gasteiger partial charge in [-0.05, 0) is 37.3 Å². The molecule has 98 valence electrons. The van der Waals surface area contributed by atoms with E-state index in [0.717, 1.165) is 11.8 Å². The first-order valence-electron chi connectivity index (χ1n) is 5.92. The van der Waals surface area contributed by atoms with Gasteiger partial charge in [0.25, 0.3) is 0 Å². The van der Waals surface area contributed by atoms with Crippen molar-refractivity contribution >= 4 is 17.1 Å². The van der Waals surface area contributed by atoms with Crippen molar-refractivity contribution in [1.29, 1.82) is 5.26 Å². The van der Waals surface area contributed by atoms with E-state index in [2.05, 4.69) is 9.97 Å². The molecule has 3 rings (SSSR count). The second-order valence-corrected chi connectivity index (χ2v) is 4.38.